The average molecular weight is 367 g/mol. The minimum atomic E-state index is 0.0601. The van der Waals surface area contributed by atoms with Gasteiger partial charge in [0.1, 0.15) is 0 Å². The number of amides is 1. The molecule has 1 amide bonds. The van der Waals surface area contributed by atoms with Gasteiger partial charge >= 0.3 is 0 Å². The Morgan fingerprint density at radius 2 is 2.09 bits per heavy atom. The van der Waals surface area contributed by atoms with E-state index in [1.54, 1.807) is 41.5 Å². The van der Waals surface area contributed by atoms with Crippen LogP contribution in [0.15, 0.2) is 32.7 Å². The van der Waals surface area contributed by atoms with E-state index < -0.39 is 0 Å². The van der Waals surface area contributed by atoms with Gasteiger partial charge in [-0.3, -0.25) is 4.79 Å². The quantitative estimate of drug-likeness (QED) is 0.849. The van der Waals surface area contributed by atoms with Crippen LogP contribution in [0, 0.1) is 0 Å². The van der Waals surface area contributed by atoms with Gasteiger partial charge in [-0.05, 0) is 43.5 Å². The van der Waals surface area contributed by atoms with Crippen LogP contribution < -0.4 is 15.4 Å². The Kier molecular flexibility index (Phi) is 4.36. The number of fused-ring (bicyclic) bond motifs is 2. The van der Waals surface area contributed by atoms with Crippen molar-refractivity contribution in [1.29, 1.82) is 0 Å². The monoisotopic (exact) mass is 366 g/mol. The third-order valence-electron chi connectivity index (χ3n) is 4.38. The molecule has 4 nitrogen and oxygen atoms in total. The summed E-state index contributed by atoms with van der Waals surface area (Å²) in [6.45, 7) is 0. The number of thiophene rings is 2. The molecule has 4 heterocycles. The van der Waals surface area contributed by atoms with Gasteiger partial charge in [0.05, 0.1) is 20.4 Å². The van der Waals surface area contributed by atoms with Gasteiger partial charge in [0.25, 0.3) is 5.91 Å². The molecule has 7 heteroatoms. The lowest BCUT2D eigenvalue weighted by Gasteiger charge is -2.20. The van der Waals surface area contributed by atoms with Crippen LogP contribution in [0.3, 0.4) is 0 Å². The van der Waals surface area contributed by atoms with Crippen molar-refractivity contribution in [3.8, 4) is 5.06 Å². The van der Waals surface area contributed by atoms with Crippen molar-refractivity contribution in [3.05, 3.63) is 29.1 Å². The molecule has 0 unspecified atom stereocenters. The first-order chi connectivity index (χ1) is 11.2. The molecule has 2 aliphatic heterocycles. The molecule has 2 aromatic heterocycles. The maximum absolute atomic E-state index is 12.4. The molecule has 2 aliphatic rings. The highest BCUT2D eigenvalue weighted by Crippen LogP contribution is 2.39. The van der Waals surface area contributed by atoms with E-state index >= 15 is 0 Å². The van der Waals surface area contributed by atoms with Crippen LogP contribution in [0.2, 0.25) is 0 Å². The zero-order valence-corrected chi connectivity index (χ0v) is 15.2. The maximum Gasteiger partial charge on any atom is 0.261 e. The summed E-state index contributed by atoms with van der Waals surface area (Å²) in [6, 6.07) is 9.33. The molecule has 4 rings (SSSR count). The van der Waals surface area contributed by atoms with Crippen molar-refractivity contribution < 1.29 is 9.53 Å². The summed E-state index contributed by atoms with van der Waals surface area (Å²) in [4.78, 5) is 13.2. The molecule has 2 saturated heterocycles. The van der Waals surface area contributed by atoms with E-state index in [9.17, 15) is 4.79 Å². The number of carbonyl (C=O) groups is 1. The highest BCUT2D eigenvalue weighted by Gasteiger charge is 2.39. The molecule has 3 atom stereocenters. The number of rotatable bonds is 5. The molecule has 0 radical (unpaired) electrons. The predicted molar refractivity (Wildman–Crippen MR) is 95.1 cm³/mol. The zero-order chi connectivity index (χ0) is 15.8. The summed E-state index contributed by atoms with van der Waals surface area (Å²) in [5.41, 5.74) is 0. The standard InChI is InChI=1S/C16H18N2O2S3/c1-20-13-5-7-15(22-13)23-14-6-4-12(21-14)16(19)18-11-8-9-2-3-10(11)17-9/h4-7,9-11,17H,2-3,8H2,1H3,(H,18,19)/t9-,10+,11-/m1/s1. The Balaban J connectivity index is 1.38. The first-order valence-corrected chi connectivity index (χ1v) is 10.1. The summed E-state index contributed by atoms with van der Waals surface area (Å²) in [6.07, 6.45) is 3.50. The SMILES string of the molecule is COc1ccc(Sc2ccc(C(=O)N[C@@H]3C[C@H]4CC[C@@H]3N4)s2)s1. The molecule has 23 heavy (non-hydrogen) atoms. The van der Waals surface area contributed by atoms with Crippen LogP contribution in [0.1, 0.15) is 28.9 Å². The molecule has 0 spiro atoms. The second-order valence-corrected chi connectivity index (χ2v) is 9.59. The first kappa shape index (κ1) is 15.5. The van der Waals surface area contributed by atoms with Crippen molar-refractivity contribution in [3.63, 3.8) is 0 Å². The minimum Gasteiger partial charge on any atom is -0.487 e. The number of nitrogens with one attached hydrogen (secondary N) is 2. The normalized spacial score (nSPS) is 25.7. The van der Waals surface area contributed by atoms with Crippen molar-refractivity contribution in [2.45, 2.75) is 45.8 Å². The maximum atomic E-state index is 12.4. The van der Waals surface area contributed by atoms with E-state index in [4.69, 9.17) is 4.74 Å². The summed E-state index contributed by atoms with van der Waals surface area (Å²) >= 11 is 4.85. The van der Waals surface area contributed by atoms with E-state index in [0.717, 1.165) is 20.6 Å². The van der Waals surface area contributed by atoms with Crippen LogP contribution in [0.4, 0.5) is 0 Å². The third kappa shape index (κ3) is 3.28. The summed E-state index contributed by atoms with van der Waals surface area (Å²) in [7, 11) is 1.68. The van der Waals surface area contributed by atoms with Crippen LogP contribution in [-0.4, -0.2) is 31.1 Å². The fourth-order valence-corrected chi connectivity index (χ4v) is 6.50. The van der Waals surface area contributed by atoms with Crippen molar-refractivity contribution in [2.24, 2.45) is 0 Å². The molecule has 122 valence electrons. The number of hydrogen-bond acceptors (Lipinski definition) is 6. The highest BCUT2D eigenvalue weighted by molar-refractivity contribution is 8.02. The lowest BCUT2D eigenvalue weighted by atomic mass is 9.95. The van der Waals surface area contributed by atoms with Crippen LogP contribution in [0.5, 0.6) is 5.06 Å². The smallest absolute Gasteiger partial charge is 0.261 e. The van der Waals surface area contributed by atoms with Gasteiger partial charge in [0, 0.05) is 18.1 Å². The van der Waals surface area contributed by atoms with Gasteiger partial charge in [-0.15, -0.1) is 11.3 Å². The van der Waals surface area contributed by atoms with Gasteiger partial charge in [0.15, 0.2) is 5.06 Å². The number of carbonyl (C=O) groups excluding carboxylic acids is 1. The number of hydrogen-bond donors (Lipinski definition) is 2. The van der Waals surface area contributed by atoms with Gasteiger partial charge < -0.3 is 15.4 Å². The van der Waals surface area contributed by atoms with Crippen LogP contribution >= 0.6 is 34.4 Å². The van der Waals surface area contributed by atoms with Gasteiger partial charge in [-0.25, -0.2) is 0 Å². The molecular formula is C16H18N2O2S3. The number of methoxy groups -OCH3 is 1. The zero-order valence-electron chi connectivity index (χ0n) is 12.7. The largest absolute Gasteiger partial charge is 0.487 e. The van der Waals surface area contributed by atoms with Crippen molar-refractivity contribution in [1.82, 2.24) is 10.6 Å². The van der Waals surface area contributed by atoms with Crippen LogP contribution in [-0.2, 0) is 0 Å². The molecule has 2 N–H and O–H groups in total. The van der Waals surface area contributed by atoms with E-state index in [2.05, 4.69) is 16.7 Å². The topological polar surface area (TPSA) is 50.4 Å². The lowest BCUT2D eigenvalue weighted by Crippen LogP contribution is -2.42. The molecule has 2 aromatic rings. The van der Waals surface area contributed by atoms with Crippen LogP contribution in [0.25, 0.3) is 0 Å². The Hall–Kier alpha value is -1.02. The molecule has 2 fully saturated rings. The minimum absolute atomic E-state index is 0.0601. The van der Waals surface area contributed by atoms with Gasteiger partial charge in [-0.2, -0.15) is 0 Å². The highest BCUT2D eigenvalue weighted by atomic mass is 32.2. The van der Waals surface area contributed by atoms with E-state index in [1.807, 2.05) is 18.2 Å². The van der Waals surface area contributed by atoms with Gasteiger partial charge in [0.2, 0.25) is 0 Å². The van der Waals surface area contributed by atoms with Gasteiger partial charge in [-0.1, -0.05) is 23.1 Å². The Bertz CT molecular complexity index is 712. The molecule has 0 saturated carbocycles. The molecular weight excluding hydrogens is 348 g/mol. The Morgan fingerprint density at radius 3 is 2.78 bits per heavy atom. The van der Waals surface area contributed by atoms with E-state index in [1.165, 1.54) is 17.1 Å². The summed E-state index contributed by atoms with van der Waals surface area (Å²) in [5.74, 6) is 0.0601. The van der Waals surface area contributed by atoms with E-state index in [0.29, 0.717) is 18.1 Å². The fraction of sp³-hybridized carbons (Fsp3) is 0.438. The number of ether oxygens (including phenoxy) is 1. The Labute approximate surface area is 147 Å². The summed E-state index contributed by atoms with van der Waals surface area (Å²) in [5, 5.41) is 7.66. The molecule has 0 aliphatic carbocycles. The second-order valence-electron chi connectivity index (χ2n) is 5.86. The third-order valence-corrected chi connectivity index (χ3v) is 7.78. The average Bonchev–Trinajstić information content (AvgIpc) is 3.32. The summed E-state index contributed by atoms with van der Waals surface area (Å²) < 4.78 is 7.52. The first-order valence-electron chi connectivity index (χ1n) is 7.69. The van der Waals surface area contributed by atoms with E-state index in [-0.39, 0.29) is 5.91 Å². The lowest BCUT2D eigenvalue weighted by molar-refractivity contribution is 0.0935. The second kappa shape index (κ2) is 6.47. The fourth-order valence-electron chi connectivity index (χ4n) is 3.29. The molecule has 2 bridgehead atoms. The predicted octanol–water partition coefficient (Wildman–Crippen LogP) is 3.59. The Morgan fingerprint density at radius 1 is 1.26 bits per heavy atom. The molecule has 0 aromatic carbocycles. The van der Waals surface area contributed by atoms with Crippen molar-refractivity contribution >= 4 is 40.3 Å². The van der Waals surface area contributed by atoms with Crippen molar-refractivity contribution in [2.75, 3.05) is 7.11 Å².